The van der Waals surface area contributed by atoms with Gasteiger partial charge < -0.3 is 9.73 Å². The van der Waals surface area contributed by atoms with Gasteiger partial charge in [-0.1, -0.05) is 22.9 Å². The first-order valence-corrected chi connectivity index (χ1v) is 8.68. The molecule has 2 rings (SSSR count). The van der Waals surface area contributed by atoms with Gasteiger partial charge in [0.25, 0.3) is 0 Å². The minimum atomic E-state index is 0.473. The monoisotopic (exact) mass is 353 g/mol. The van der Waals surface area contributed by atoms with Crippen molar-refractivity contribution in [3.8, 4) is 0 Å². The summed E-state index contributed by atoms with van der Waals surface area (Å²) in [5.74, 6) is 1.06. The maximum Gasteiger partial charge on any atom is 0.0935 e. The van der Waals surface area contributed by atoms with E-state index in [1.54, 1.807) is 6.26 Å². The van der Waals surface area contributed by atoms with Crippen LogP contribution in [-0.2, 0) is 6.42 Å². The minimum absolute atomic E-state index is 0.473. The van der Waals surface area contributed by atoms with Crippen LogP contribution in [0.1, 0.15) is 18.9 Å². The zero-order valence-corrected chi connectivity index (χ0v) is 14.0. The lowest BCUT2D eigenvalue weighted by Crippen LogP contribution is -2.33. The van der Waals surface area contributed by atoms with E-state index in [4.69, 9.17) is 4.42 Å². The molecule has 1 N–H and O–H groups in total. The molecule has 108 valence electrons. The number of halogens is 1. The third-order valence-corrected chi connectivity index (χ3v) is 4.71. The molecule has 1 unspecified atom stereocenters. The molecule has 0 amide bonds. The van der Waals surface area contributed by atoms with Crippen LogP contribution < -0.4 is 5.32 Å². The molecule has 2 aromatic rings. The molecule has 0 saturated heterocycles. The van der Waals surface area contributed by atoms with E-state index in [1.165, 1.54) is 10.5 Å². The topological polar surface area (TPSA) is 25.2 Å². The summed E-state index contributed by atoms with van der Waals surface area (Å²) in [6.07, 6.45) is 5.75. The Morgan fingerprint density at radius 3 is 2.70 bits per heavy atom. The van der Waals surface area contributed by atoms with E-state index in [1.807, 2.05) is 24.1 Å². The maximum atomic E-state index is 5.16. The fourth-order valence-corrected chi connectivity index (χ4v) is 3.18. The standard InChI is InChI=1S/C16H20BrNOS/c1-2-8-18-15(10-13-7-9-19-11-13)12-20-16-5-3-14(17)4-6-16/h3-7,9,11,15,18H,2,8,10,12H2,1H3. The summed E-state index contributed by atoms with van der Waals surface area (Å²) in [5, 5.41) is 3.62. The Morgan fingerprint density at radius 1 is 1.25 bits per heavy atom. The van der Waals surface area contributed by atoms with Crippen molar-refractivity contribution >= 4 is 27.7 Å². The molecule has 0 spiro atoms. The number of furan rings is 1. The number of thioether (sulfide) groups is 1. The normalized spacial score (nSPS) is 12.5. The second-order valence-electron chi connectivity index (χ2n) is 4.75. The highest BCUT2D eigenvalue weighted by molar-refractivity contribution is 9.10. The highest BCUT2D eigenvalue weighted by atomic mass is 79.9. The Bertz CT molecular complexity index is 484. The van der Waals surface area contributed by atoms with Crippen molar-refractivity contribution < 1.29 is 4.42 Å². The van der Waals surface area contributed by atoms with Crippen molar-refractivity contribution in [1.82, 2.24) is 5.32 Å². The van der Waals surface area contributed by atoms with Crippen LogP contribution in [0.4, 0.5) is 0 Å². The first kappa shape index (κ1) is 15.7. The average Bonchev–Trinajstić information content (AvgIpc) is 2.96. The van der Waals surface area contributed by atoms with Crippen LogP contribution >= 0.6 is 27.7 Å². The van der Waals surface area contributed by atoms with Gasteiger partial charge in [-0.05, 0) is 55.3 Å². The molecule has 0 fully saturated rings. The summed E-state index contributed by atoms with van der Waals surface area (Å²) in [7, 11) is 0. The molecule has 1 heterocycles. The van der Waals surface area contributed by atoms with Crippen LogP contribution in [0.2, 0.25) is 0 Å². The third kappa shape index (κ3) is 5.35. The van der Waals surface area contributed by atoms with Gasteiger partial charge in [-0.25, -0.2) is 0 Å². The summed E-state index contributed by atoms with van der Waals surface area (Å²) >= 11 is 5.36. The zero-order valence-electron chi connectivity index (χ0n) is 11.6. The third-order valence-electron chi connectivity index (χ3n) is 3.01. The fourth-order valence-electron chi connectivity index (χ4n) is 1.96. The van der Waals surface area contributed by atoms with Gasteiger partial charge in [0, 0.05) is 21.2 Å². The number of nitrogens with one attached hydrogen (secondary N) is 1. The van der Waals surface area contributed by atoms with Crippen molar-refractivity contribution in [3.63, 3.8) is 0 Å². The van der Waals surface area contributed by atoms with Crippen LogP contribution in [0.25, 0.3) is 0 Å². The number of hydrogen-bond donors (Lipinski definition) is 1. The van der Waals surface area contributed by atoms with E-state index in [-0.39, 0.29) is 0 Å². The molecule has 1 atom stereocenters. The first-order chi connectivity index (χ1) is 9.78. The van der Waals surface area contributed by atoms with Gasteiger partial charge >= 0.3 is 0 Å². The molecular weight excluding hydrogens is 334 g/mol. The first-order valence-electron chi connectivity index (χ1n) is 6.90. The Hall–Kier alpha value is -0.710. The summed E-state index contributed by atoms with van der Waals surface area (Å²) in [6, 6.07) is 11.0. The van der Waals surface area contributed by atoms with Crippen LogP contribution in [-0.4, -0.2) is 18.3 Å². The molecule has 2 nitrogen and oxygen atoms in total. The molecule has 0 aliphatic carbocycles. The molecule has 1 aromatic heterocycles. The molecule has 20 heavy (non-hydrogen) atoms. The van der Waals surface area contributed by atoms with Gasteiger partial charge in [-0.15, -0.1) is 11.8 Å². The average molecular weight is 354 g/mol. The smallest absolute Gasteiger partial charge is 0.0935 e. The van der Waals surface area contributed by atoms with Crippen molar-refractivity contribution in [3.05, 3.63) is 52.9 Å². The molecule has 4 heteroatoms. The SMILES string of the molecule is CCCNC(CSc1ccc(Br)cc1)Cc1ccoc1. The second kappa shape index (κ2) is 8.55. The summed E-state index contributed by atoms with van der Waals surface area (Å²) in [4.78, 5) is 1.31. The van der Waals surface area contributed by atoms with E-state index in [0.29, 0.717) is 6.04 Å². The lowest BCUT2D eigenvalue weighted by atomic mass is 10.1. The van der Waals surface area contributed by atoms with Gasteiger partial charge in [-0.2, -0.15) is 0 Å². The second-order valence-corrected chi connectivity index (χ2v) is 6.76. The lowest BCUT2D eigenvalue weighted by molar-refractivity contribution is 0.536. The quantitative estimate of drug-likeness (QED) is 0.693. The van der Waals surface area contributed by atoms with Gasteiger partial charge in [0.1, 0.15) is 0 Å². The van der Waals surface area contributed by atoms with Crippen LogP contribution in [0.15, 0.2) is 56.6 Å². The van der Waals surface area contributed by atoms with Crippen molar-refractivity contribution in [2.75, 3.05) is 12.3 Å². The predicted molar refractivity (Wildman–Crippen MR) is 89.4 cm³/mol. The summed E-state index contributed by atoms with van der Waals surface area (Å²) < 4.78 is 6.28. The fraction of sp³-hybridized carbons (Fsp3) is 0.375. The number of rotatable bonds is 8. The lowest BCUT2D eigenvalue weighted by Gasteiger charge is -2.17. The van der Waals surface area contributed by atoms with Crippen LogP contribution in [0.3, 0.4) is 0 Å². The molecule has 0 aliphatic heterocycles. The van der Waals surface area contributed by atoms with Crippen molar-refractivity contribution in [2.45, 2.75) is 30.7 Å². The zero-order chi connectivity index (χ0) is 14.2. The molecular formula is C16H20BrNOS. The van der Waals surface area contributed by atoms with Crippen molar-refractivity contribution in [2.24, 2.45) is 0 Å². The van der Waals surface area contributed by atoms with E-state index in [0.717, 1.165) is 29.6 Å². The van der Waals surface area contributed by atoms with E-state index >= 15 is 0 Å². The highest BCUT2D eigenvalue weighted by Gasteiger charge is 2.10. The minimum Gasteiger partial charge on any atom is -0.472 e. The van der Waals surface area contributed by atoms with Crippen molar-refractivity contribution in [1.29, 1.82) is 0 Å². The number of benzene rings is 1. The van der Waals surface area contributed by atoms with Gasteiger partial charge in [0.15, 0.2) is 0 Å². The van der Waals surface area contributed by atoms with E-state index in [9.17, 15) is 0 Å². The molecule has 0 radical (unpaired) electrons. The predicted octanol–water partition coefficient (Wildman–Crippen LogP) is 4.75. The molecule has 0 bridgehead atoms. The summed E-state index contributed by atoms with van der Waals surface area (Å²) in [5.41, 5.74) is 1.26. The molecule has 0 saturated carbocycles. The molecule has 0 aliphatic rings. The Labute approximate surface area is 133 Å². The largest absolute Gasteiger partial charge is 0.472 e. The van der Waals surface area contributed by atoms with Gasteiger partial charge in [-0.3, -0.25) is 0 Å². The van der Waals surface area contributed by atoms with Gasteiger partial charge in [0.05, 0.1) is 12.5 Å². The Kier molecular flexibility index (Phi) is 6.70. The molecule has 1 aromatic carbocycles. The van der Waals surface area contributed by atoms with Gasteiger partial charge in [0.2, 0.25) is 0 Å². The Balaban J connectivity index is 1.87. The van der Waals surface area contributed by atoms with Crippen LogP contribution in [0.5, 0.6) is 0 Å². The number of hydrogen-bond acceptors (Lipinski definition) is 3. The van der Waals surface area contributed by atoms with E-state index < -0.39 is 0 Å². The summed E-state index contributed by atoms with van der Waals surface area (Å²) in [6.45, 7) is 3.26. The Morgan fingerprint density at radius 2 is 2.05 bits per heavy atom. The maximum absolute atomic E-state index is 5.16. The van der Waals surface area contributed by atoms with E-state index in [2.05, 4.69) is 52.4 Å². The highest BCUT2D eigenvalue weighted by Crippen LogP contribution is 2.22. The van der Waals surface area contributed by atoms with Crippen LogP contribution in [0, 0.1) is 0 Å².